The Balaban J connectivity index is -0.000000671. The average Bonchev–Trinajstić information content (AvgIpc) is 2.76. The van der Waals surface area contributed by atoms with E-state index in [1.165, 1.54) is 96.3 Å². The second-order valence-corrected chi connectivity index (χ2v) is 9.44. The number of hydrogen-bond acceptors (Lipinski definition) is 5. The normalized spacial score (nSPS) is 10.9. The first kappa shape index (κ1) is 36.7. The molecule has 0 spiro atoms. The fourth-order valence-electron chi connectivity index (χ4n) is 3.03. The molecule has 33 heavy (non-hydrogen) atoms. The number of allylic oxidation sites excluding steroid dienone is 3. The van der Waals surface area contributed by atoms with Gasteiger partial charge in [-0.2, -0.15) is 8.42 Å². The Kier molecular flexibility index (Phi) is 34.6. The highest BCUT2D eigenvalue weighted by atomic mass is 32.3. The predicted molar refractivity (Wildman–Crippen MR) is 145 cm³/mol. The Morgan fingerprint density at radius 3 is 1.48 bits per heavy atom. The number of nitrogens with two attached hydrogens (primary N) is 1. The molecule has 0 aromatic heterocycles. The van der Waals surface area contributed by atoms with Gasteiger partial charge in [0.25, 0.3) is 0 Å². The van der Waals surface area contributed by atoms with Gasteiger partial charge in [0.05, 0.1) is 7.11 Å². The summed E-state index contributed by atoms with van der Waals surface area (Å²) in [6, 6.07) is 0. The first-order valence-electron chi connectivity index (χ1n) is 13.1. The van der Waals surface area contributed by atoms with Gasteiger partial charge in [-0.05, 0) is 51.6 Å². The van der Waals surface area contributed by atoms with E-state index in [0.717, 1.165) is 32.3 Å². The fraction of sp³-hybridized carbons (Fsp3) is 0.846. The van der Waals surface area contributed by atoms with E-state index in [2.05, 4.69) is 49.0 Å². The van der Waals surface area contributed by atoms with E-state index < -0.39 is 10.4 Å². The van der Waals surface area contributed by atoms with Crippen LogP contribution in [0.25, 0.3) is 0 Å². The molecule has 0 aliphatic rings. The summed E-state index contributed by atoms with van der Waals surface area (Å²) < 4.78 is 29.7. The molecule has 0 rings (SSSR count). The smallest absolute Gasteiger partial charge is 0.397 e. The first-order valence-corrected chi connectivity index (χ1v) is 14.4. The summed E-state index contributed by atoms with van der Waals surface area (Å²) in [5.74, 6) is 0. The zero-order valence-electron chi connectivity index (χ0n) is 22.2. The summed E-state index contributed by atoms with van der Waals surface area (Å²) in [6.07, 6.45) is 26.3. The maximum Gasteiger partial charge on any atom is 0.397 e. The maximum absolute atomic E-state index is 9.33. The molecular weight excluding hydrogens is 436 g/mol. The summed E-state index contributed by atoms with van der Waals surface area (Å²) >= 11 is 0. The Morgan fingerprint density at radius 2 is 1.18 bits per heavy atom. The van der Waals surface area contributed by atoms with Gasteiger partial charge in [0, 0.05) is 5.70 Å². The lowest BCUT2D eigenvalue weighted by atomic mass is 10.1. The highest BCUT2D eigenvalue weighted by Gasteiger charge is 1.94. The van der Waals surface area contributed by atoms with Crippen molar-refractivity contribution in [3.8, 4) is 0 Å². The topological polar surface area (TPSA) is 102 Å². The quantitative estimate of drug-likeness (QED) is 0.0934. The van der Waals surface area contributed by atoms with E-state index in [9.17, 15) is 8.42 Å². The zero-order valence-corrected chi connectivity index (χ0v) is 23.1. The van der Waals surface area contributed by atoms with Gasteiger partial charge in [-0.3, -0.25) is 8.74 Å². The third-order valence-corrected chi connectivity index (χ3v) is 5.39. The van der Waals surface area contributed by atoms with Crippen LogP contribution < -0.4 is 11.1 Å². The van der Waals surface area contributed by atoms with Gasteiger partial charge < -0.3 is 11.1 Å². The van der Waals surface area contributed by atoms with E-state index in [1.54, 1.807) is 0 Å². The molecule has 200 valence electrons. The van der Waals surface area contributed by atoms with Crippen LogP contribution in [0.5, 0.6) is 0 Å². The molecule has 0 radical (unpaired) electrons. The number of rotatable bonds is 20. The molecule has 0 fully saturated rings. The van der Waals surface area contributed by atoms with Crippen LogP contribution in [-0.4, -0.2) is 33.2 Å². The molecule has 0 aromatic rings. The molecule has 6 nitrogen and oxygen atoms in total. The zero-order chi connectivity index (χ0) is 25.6. The molecule has 0 aliphatic carbocycles. The molecular formula is C26H56N2O4S. The molecule has 4 N–H and O–H groups in total. The summed E-state index contributed by atoms with van der Waals surface area (Å²) in [6.45, 7) is 12.4. The van der Waals surface area contributed by atoms with Gasteiger partial charge in [-0.1, -0.05) is 104 Å². The SMILES string of the molecule is C=C(N)CCCCCCCCCC=CCCCCCCCC.CCNCC.COS(=O)(=O)O. The van der Waals surface area contributed by atoms with Gasteiger partial charge in [-0.25, -0.2) is 0 Å². The maximum atomic E-state index is 9.33. The summed E-state index contributed by atoms with van der Waals surface area (Å²) in [7, 11) is -3.29. The van der Waals surface area contributed by atoms with Gasteiger partial charge >= 0.3 is 10.4 Å². The van der Waals surface area contributed by atoms with Crippen molar-refractivity contribution >= 4 is 10.4 Å². The van der Waals surface area contributed by atoms with E-state index in [-0.39, 0.29) is 0 Å². The number of hydrogen-bond donors (Lipinski definition) is 3. The molecule has 0 saturated carbocycles. The van der Waals surface area contributed by atoms with Gasteiger partial charge in [-0.15, -0.1) is 0 Å². The molecule has 7 heteroatoms. The van der Waals surface area contributed by atoms with Crippen molar-refractivity contribution in [3.63, 3.8) is 0 Å². The highest BCUT2D eigenvalue weighted by Crippen LogP contribution is 2.11. The van der Waals surface area contributed by atoms with Crippen LogP contribution in [-0.2, 0) is 14.6 Å². The highest BCUT2D eigenvalue weighted by molar-refractivity contribution is 7.80. The van der Waals surface area contributed by atoms with Crippen molar-refractivity contribution < 1.29 is 17.2 Å². The lowest BCUT2D eigenvalue weighted by Crippen LogP contribution is -2.09. The van der Waals surface area contributed by atoms with E-state index in [1.807, 2.05) is 0 Å². The Hall–Kier alpha value is -0.890. The first-order chi connectivity index (χ1) is 15.7. The third kappa shape index (κ3) is 49.4. The minimum Gasteiger partial charge on any atom is -0.403 e. The average molecular weight is 493 g/mol. The van der Waals surface area contributed by atoms with Gasteiger partial charge in [0.2, 0.25) is 0 Å². The van der Waals surface area contributed by atoms with Crippen LogP contribution in [0, 0.1) is 0 Å². The van der Waals surface area contributed by atoms with Crippen molar-refractivity contribution in [1.82, 2.24) is 5.32 Å². The second-order valence-electron chi connectivity index (χ2n) is 8.25. The van der Waals surface area contributed by atoms with Crippen molar-refractivity contribution in [2.24, 2.45) is 5.73 Å². The molecule has 0 aliphatic heterocycles. The van der Waals surface area contributed by atoms with E-state index in [0.29, 0.717) is 0 Å². The lowest BCUT2D eigenvalue weighted by molar-refractivity contribution is 0.324. The lowest BCUT2D eigenvalue weighted by Gasteiger charge is -2.01. The molecule has 0 amide bonds. The molecule has 0 heterocycles. The monoisotopic (exact) mass is 492 g/mol. The standard InChI is InChI=1S/C21H41N.C4H11N.CH4O4S/c1-3-4-5-6-7-8-9-10-11-12-13-14-15-16-17-18-19-20-21(2)22;1-3-5-4-2;1-5-6(2,3)4/h10-11H,2-9,12-20,22H2,1H3;5H,3-4H2,1-2H3;1H3,(H,2,3,4). The van der Waals surface area contributed by atoms with Crippen molar-refractivity contribution in [2.45, 2.75) is 124 Å². The Labute approximate surface area is 206 Å². The summed E-state index contributed by atoms with van der Waals surface area (Å²) in [5, 5.41) is 3.11. The largest absolute Gasteiger partial charge is 0.403 e. The molecule has 0 unspecified atom stereocenters. The molecule has 0 bridgehead atoms. The Morgan fingerprint density at radius 1 is 0.818 bits per heavy atom. The van der Waals surface area contributed by atoms with Crippen LogP contribution in [0.2, 0.25) is 0 Å². The third-order valence-electron chi connectivity index (χ3n) is 4.97. The summed E-state index contributed by atoms with van der Waals surface area (Å²) in [4.78, 5) is 0. The van der Waals surface area contributed by atoms with Crippen molar-refractivity contribution in [2.75, 3.05) is 20.2 Å². The number of unbranched alkanes of at least 4 members (excludes halogenated alkanes) is 13. The van der Waals surface area contributed by atoms with Gasteiger partial charge in [0.1, 0.15) is 0 Å². The molecule has 0 aromatic carbocycles. The van der Waals surface area contributed by atoms with Gasteiger partial charge in [0.15, 0.2) is 0 Å². The predicted octanol–water partition coefficient (Wildman–Crippen LogP) is 7.33. The van der Waals surface area contributed by atoms with Crippen molar-refractivity contribution in [1.29, 1.82) is 0 Å². The van der Waals surface area contributed by atoms with Crippen LogP contribution in [0.1, 0.15) is 124 Å². The van der Waals surface area contributed by atoms with E-state index in [4.69, 9.17) is 10.3 Å². The van der Waals surface area contributed by atoms with Crippen LogP contribution >= 0.6 is 0 Å². The minimum atomic E-state index is -4.16. The fourth-order valence-corrected chi connectivity index (χ4v) is 3.03. The number of nitrogens with one attached hydrogen (secondary N) is 1. The second kappa shape index (κ2) is 31.1. The van der Waals surface area contributed by atoms with Crippen LogP contribution in [0.3, 0.4) is 0 Å². The molecule has 0 saturated heterocycles. The molecule has 0 atom stereocenters. The Bertz CT molecular complexity index is 506. The minimum absolute atomic E-state index is 0.841. The van der Waals surface area contributed by atoms with E-state index >= 15 is 0 Å². The van der Waals surface area contributed by atoms with Crippen LogP contribution in [0.15, 0.2) is 24.4 Å². The van der Waals surface area contributed by atoms with Crippen molar-refractivity contribution in [3.05, 3.63) is 24.4 Å². The van der Waals surface area contributed by atoms with Crippen LogP contribution in [0.4, 0.5) is 0 Å². The summed E-state index contributed by atoms with van der Waals surface area (Å²) in [5.41, 5.74) is 6.40.